The molecule has 3 heterocycles. The van der Waals surface area contributed by atoms with Crippen LogP contribution < -0.4 is 5.32 Å². The van der Waals surface area contributed by atoms with E-state index in [0.717, 1.165) is 52.4 Å². The molecule has 0 bridgehead atoms. The van der Waals surface area contributed by atoms with E-state index in [9.17, 15) is 53.5 Å². The van der Waals surface area contributed by atoms with Gasteiger partial charge >= 0.3 is 18.5 Å². The topological polar surface area (TPSA) is 102 Å². The van der Waals surface area contributed by atoms with Crippen LogP contribution in [0.15, 0.2) is 48.7 Å². The van der Waals surface area contributed by atoms with Gasteiger partial charge in [-0.1, -0.05) is 18.2 Å². The van der Waals surface area contributed by atoms with Gasteiger partial charge in [0.25, 0.3) is 11.8 Å². The van der Waals surface area contributed by atoms with Crippen LogP contribution in [0.4, 0.5) is 43.9 Å². The minimum absolute atomic E-state index is 0.0481. The molecular formula is C29H22F10N6O2. The number of fused-ring (bicyclic) bond motifs is 1. The van der Waals surface area contributed by atoms with Gasteiger partial charge in [-0.2, -0.15) is 39.5 Å². The van der Waals surface area contributed by atoms with Crippen molar-refractivity contribution in [2.45, 2.75) is 63.0 Å². The molecule has 8 nitrogen and oxygen atoms in total. The second kappa shape index (κ2) is 11.8. The molecule has 2 amide bonds. The number of carbonyl (C=O) groups is 2. The smallest absolute Gasteiger partial charge is 0.338 e. The van der Waals surface area contributed by atoms with Crippen LogP contribution >= 0.6 is 0 Å². The molecule has 0 aliphatic carbocycles. The first-order valence-corrected chi connectivity index (χ1v) is 13.7. The lowest BCUT2D eigenvalue weighted by Crippen LogP contribution is -2.44. The third-order valence-corrected chi connectivity index (χ3v) is 7.72. The molecule has 2 aliphatic heterocycles. The highest BCUT2D eigenvalue weighted by molar-refractivity contribution is 6.08. The predicted octanol–water partition coefficient (Wildman–Crippen LogP) is 6.30. The van der Waals surface area contributed by atoms with Gasteiger partial charge in [0.1, 0.15) is 11.4 Å². The van der Waals surface area contributed by atoms with Gasteiger partial charge in [-0.3, -0.25) is 19.9 Å². The lowest BCUT2D eigenvalue weighted by Gasteiger charge is -2.28. The Bertz CT molecular complexity index is 1720. The van der Waals surface area contributed by atoms with Crippen LogP contribution in [0.25, 0.3) is 0 Å². The van der Waals surface area contributed by atoms with Crippen molar-refractivity contribution in [1.82, 2.24) is 25.1 Å². The maximum atomic E-state index is 14.0. The van der Waals surface area contributed by atoms with E-state index in [0.29, 0.717) is 6.07 Å². The van der Waals surface area contributed by atoms with Crippen LogP contribution in [0.5, 0.6) is 0 Å². The van der Waals surface area contributed by atoms with Gasteiger partial charge in [0.2, 0.25) is 5.82 Å². The molecule has 1 fully saturated rings. The summed E-state index contributed by atoms with van der Waals surface area (Å²) in [7, 11) is 0. The van der Waals surface area contributed by atoms with E-state index in [2.05, 4.69) is 15.3 Å². The molecule has 2 aromatic carbocycles. The van der Waals surface area contributed by atoms with E-state index in [4.69, 9.17) is 5.41 Å². The first kappa shape index (κ1) is 33.6. The normalized spacial score (nSPS) is 18.5. The number of rotatable bonds is 7. The number of nitrogens with one attached hydrogen (secondary N) is 2. The Morgan fingerprint density at radius 3 is 2.26 bits per heavy atom. The van der Waals surface area contributed by atoms with Gasteiger partial charge in [0.05, 0.1) is 29.9 Å². The molecule has 0 radical (unpaired) electrons. The molecule has 1 saturated heterocycles. The Hall–Kier alpha value is -4.77. The molecule has 1 atom stereocenters. The summed E-state index contributed by atoms with van der Waals surface area (Å²) in [5.74, 6) is -4.93. The largest absolute Gasteiger partial charge is 0.451 e. The summed E-state index contributed by atoms with van der Waals surface area (Å²) in [5, 5.41) is 11.0. The zero-order valence-electron chi connectivity index (χ0n) is 23.7. The van der Waals surface area contributed by atoms with Crippen molar-refractivity contribution in [2.24, 2.45) is 0 Å². The first-order chi connectivity index (χ1) is 21.8. The van der Waals surface area contributed by atoms with Crippen molar-refractivity contribution in [3.8, 4) is 0 Å². The van der Waals surface area contributed by atoms with Gasteiger partial charge in [-0.05, 0) is 48.2 Å². The summed E-state index contributed by atoms with van der Waals surface area (Å²) in [6.45, 7) is -1.52. The zero-order valence-corrected chi connectivity index (χ0v) is 23.7. The number of guanidine groups is 1. The summed E-state index contributed by atoms with van der Waals surface area (Å²) < 4.78 is 134. The van der Waals surface area contributed by atoms with Crippen LogP contribution in [0.1, 0.15) is 63.4 Å². The number of amides is 2. The fourth-order valence-corrected chi connectivity index (χ4v) is 5.50. The molecule has 1 aromatic heterocycles. The second-order valence-electron chi connectivity index (χ2n) is 10.9. The molecule has 2 N–H and O–H groups in total. The van der Waals surface area contributed by atoms with Crippen molar-refractivity contribution < 1.29 is 53.5 Å². The SMILES string of the molecule is N=C1N[C@](CCCC(F)(F)F)(c2ccc(F)cc2)C(=O)N1Cc1ccc(C(F)(F)F)c(C(=O)N2Cc3cnc(C(F)(F)F)nc3C2)c1. The third-order valence-electron chi connectivity index (χ3n) is 7.72. The number of nitrogens with zero attached hydrogens (tertiary/aromatic N) is 4. The lowest BCUT2D eigenvalue weighted by molar-refractivity contribution is -0.145. The molecule has 250 valence electrons. The van der Waals surface area contributed by atoms with Crippen LogP contribution in [0.3, 0.4) is 0 Å². The number of aromatic nitrogens is 2. The average molecular weight is 677 g/mol. The monoisotopic (exact) mass is 676 g/mol. The van der Waals surface area contributed by atoms with Crippen LogP contribution in [0, 0.1) is 11.2 Å². The van der Waals surface area contributed by atoms with Gasteiger partial charge < -0.3 is 10.2 Å². The van der Waals surface area contributed by atoms with Crippen molar-refractivity contribution >= 4 is 17.8 Å². The van der Waals surface area contributed by atoms with E-state index in [-0.39, 0.29) is 28.9 Å². The van der Waals surface area contributed by atoms with E-state index < -0.39 is 97.0 Å². The van der Waals surface area contributed by atoms with Crippen molar-refractivity contribution in [3.63, 3.8) is 0 Å². The summed E-state index contributed by atoms with van der Waals surface area (Å²) in [5.41, 5.74) is -4.34. The minimum Gasteiger partial charge on any atom is -0.338 e. The number of benzene rings is 2. The standard InChI is InChI=1S/C29H22F10N6O2/c30-18-5-3-17(4-6-18)26(8-1-9-27(31,32)33)24(47)45(25(40)43-26)12-15-2-7-20(28(34,35)36)19(10-15)22(46)44-13-16-11-41-23(29(37,38)39)42-21(16)14-44/h2-7,10-11H,1,8-9,12-14H2,(H2,40,43)/t26-/m1/s1. The van der Waals surface area contributed by atoms with Gasteiger partial charge in [-0.25, -0.2) is 14.4 Å². The Kier molecular flexibility index (Phi) is 8.43. The summed E-state index contributed by atoms with van der Waals surface area (Å²) >= 11 is 0. The van der Waals surface area contributed by atoms with Crippen molar-refractivity contribution in [1.29, 1.82) is 5.41 Å². The van der Waals surface area contributed by atoms with Crippen LogP contribution in [-0.4, -0.2) is 43.7 Å². The highest BCUT2D eigenvalue weighted by atomic mass is 19.4. The Morgan fingerprint density at radius 1 is 0.957 bits per heavy atom. The number of hydrogen-bond donors (Lipinski definition) is 2. The quantitative estimate of drug-likeness (QED) is 0.286. The fraction of sp³-hybridized carbons (Fsp3) is 0.345. The lowest BCUT2D eigenvalue weighted by atomic mass is 9.84. The second-order valence-corrected chi connectivity index (χ2v) is 10.9. The van der Waals surface area contributed by atoms with E-state index in [1.807, 2.05) is 0 Å². The van der Waals surface area contributed by atoms with Gasteiger partial charge in [0, 0.05) is 24.7 Å². The molecule has 0 saturated carbocycles. The molecule has 5 rings (SSSR count). The molecular weight excluding hydrogens is 654 g/mol. The first-order valence-electron chi connectivity index (χ1n) is 13.7. The molecule has 3 aromatic rings. The zero-order chi connectivity index (χ0) is 34.5. The van der Waals surface area contributed by atoms with Crippen molar-refractivity contribution in [3.05, 3.63) is 93.8 Å². The van der Waals surface area contributed by atoms with Gasteiger partial charge in [-0.15, -0.1) is 0 Å². The molecule has 0 spiro atoms. The summed E-state index contributed by atoms with van der Waals surface area (Å²) in [6.07, 6.45) is -16.0. The number of halogens is 10. The van der Waals surface area contributed by atoms with E-state index in [1.165, 1.54) is 0 Å². The molecule has 0 unspecified atom stereocenters. The fourth-order valence-electron chi connectivity index (χ4n) is 5.50. The minimum atomic E-state index is -5.05. The van der Waals surface area contributed by atoms with E-state index in [1.54, 1.807) is 0 Å². The van der Waals surface area contributed by atoms with Gasteiger partial charge in [0.15, 0.2) is 5.96 Å². The van der Waals surface area contributed by atoms with Crippen LogP contribution in [-0.2, 0) is 42.3 Å². The molecule has 2 aliphatic rings. The number of hydrogen-bond acceptors (Lipinski definition) is 5. The highest BCUT2D eigenvalue weighted by Gasteiger charge is 2.51. The highest BCUT2D eigenvalue weighted by Crippen LogP contribution is 2.38. The van der Waals surface area contributed by atoms with Crippen LogP contribution in [0.2, 0.25) is 0 Å². The average Bonchev–Trinajstić information content (AvgIpc) is 3.50. The summed E-state index contributed by atoms with van der Waals surface area (Å²) in [6, 6.07) is 6.61. The number of carbonyl (C=O) groups excluding carboxylic acids is 2. The van der Waals surface area contributed by atoms with Crippen molar-refractivity contribution in [2.75, 3.05) is 0 Å². The Balaban J connectivity index is 1.44. The molecule has 18 heteroatoms. The Morgan fingerprint density at radius 2 is 1.64 bits per heavy atom. The summed E-state index contributed by atoms with van der Waals surface area (Å²) in [4.78, 5) is 35.4. The predicted molar refractivity (Wildman–Crippen MR) is 141 cm³/mol. The third kappa shape index (κ3) is 6.85. The van der Waals surface area contributed by atoms with E-state index >= 15 is 0 Å². The maximum Gasteiger partial charge on any atom is 0.451 e. The molecule has 47 heavy (non-hydrogen) atoms. The number of alkyl halides is 9. The Labute approximate surface area is 258 Å². The maximum absolute atomic E-state index is 14.0.